The highest BCUT2D eigenvalue weighted by Gasteiger charge is 2.31. The van der Waals surface area contributed by atoms with Gasteiger partial charge in [0.05, 0.1) is 6.42 Å². The van der Waals surface area contributed by atoms with Crippen molar-refractivity contribution >= 4 is 18.3 Å². The summed E-state index contributed by atoms with van der Waals surface area (Å²) in [6.07, 6.45) is -2.54. The van der Waals surface area contributed by atoms with Crippen molar-refractivity contribution in [1.82, 2.24) is 10.2 Å². The Kier molecular flexibility index (Phi) is 8.52. The standard InChI is InChI=1S/C17H23F3N2O2.ClH/c1-2-21-12-14-7-9-22(10-8-14)16(23)11-13-3-5-15(6-4-13)24-17(18,19)20;/h3-6,14,21H,2,7-12H2,1H3;1H. The zero-order chi connectivity index (χ0) is 17.6. The van der Waals surface area contributed by atoms with Crippen LogP contribution in [0.1, 0.15) is 25.3 Å². The molecular formula is C17H24ClF3N2O2. The van der Waals surface area contributed by atoms with E-state index in [2.05, 4.69) is 17.0 Å². The van der Waals surface area contributed by atoms with Crippen molar-refractivity contribution < 1.29 is 22.7 Å². The van der Waals surface area contributed by atoms with Gasteiger partial charge in [-0.05, 0) is 49.5 Å². The Morgan fingerprint density at radius 3 is 2.36 bits per heavy atom. The first-order chi connectivity index (χ1) is 11.4. The van der Waals surface area contributed by atoms with Gasteiger partial charge in [0.15, 0.2) is 0 Å². The minimum absolute atomic E-state index is 0. The lowest BCUT2D eigenvalue weighted by Crippen LogP contribution is -2.41. The third-order valence-electron chi connectivity index (χ3n) is 4.16. The van der Waals surface area contributed by atoms with E-state index in [1.165, 1.54) is 24.3 Å². The number of alkyl halides is 3. The molecule has 4 nitrogen and oxygen atoms in total. The Bertz CT molecular complexity index is 530. The number of nitrogens with one attached hydrogen (secondary N) is 1. The number of carbonyl (C=O) groups is 1. The highest BCUT2D eigenvalue weighted by atomic mass is 35.5. The van der Waals surface area contributed by atoms with Crippen LogP contribution in [-0.2, 0) is 11.2 Å². The van der Waals surface area contributed by atoms with E-state index in [-0.39, 0.29) is 30.5 Å². The first-order valence-electron chi connectivity index (χ1n) is 8.20. The predicted molar refractivity (Wildman–Crippen MR) is 91.9 cm³/mol. The van der Waals surface area contributed by atoms with Crippen LogP contribution in [0.3, 0.4) is 0 Å². The molecule has 1 N–H and O–H groups in total. The van der Waals surface area contributed by atoms with Crippen LogP contribution in [0.2, 0.25) is 0 Å². The molecule has 8 heteroatoms. The average molecular weight is 381 g/mol. The predicted octanol–water partition coefficient (Wildman–Crippen LogP) is 3.40. The molecule has 1 saturated heterocycles. The summed E-state index contributed by atoms with van der Waals surface area (Å²) in [6, 6.07) is 5.46. The number of piperidine rings is 1. The van der Waals surface area contributed by atoms with E-state index in [9.17, 15) is 18.0 Å². The van der Waals surface area contributed by atoms with Crippen molar-refractivity contribution in [2.24, 2.45) is 5.92 Å². The zero-order valence-electron chi connectivity index (χ0n) is 14.1. The van der Waals surface area contributed by atoms with E-state index >= 15 is 0 Å². The molecule has 142 valence electrons. The molecule has 25 heavy (non-hydrogen) atoms. The van der Waals surface area contributed by atoms with E-state index in [1.807, 2.05) is 4.90 Å². The van der Waals surface area contributed by atoms with Crippen LogP contribution in [0, 0.1) is 5.92 Å². The van der Waals surface area contributed by atoms with Gasteiger partial charge in [-0.1, -0.05) is 19.1 Å². The van der Waals surface area contributed by atoms with Gasteiger partial charge in [-0.15, -0.1) is 25.6 Å². The lowest BCUT2D eigenvalue weighted by atomic mass is 9.96. The molecule has 0 radical (unpaired) electrons. The molecule has 1 aliphatic heterocycles. The number of amides is 1. The third-order valence-corrected chi connectivity index (χ3v) is 4.16. The van der Waals surface area contributed by atoms with Gasteiger partial charge >= 0.3 is 6.36 Å². The van der Waals surface area contributed by atoms with Gasteiger partial charge in [0.2, 0.25) is 5.91 Å². The molecule has 2 rings (SSSR count). The number of hydrogen-bond acceptors (Lipinski definition) is 3. The lowest BCUT2D eigenvalue weighted by Gasteiger charge is -2.32. The summed E-state index contributed by atoms with van der Waals surface area (Å²) in [4.78, 5) is 14.1. The van der Waals surface area contributed by atoms with E-state index < -0.39 is 6.36 Å². The number of rotatable bonds is 6. The minimum Gasteiger partial charge on any atom is -0.406 e. The van der Waals surface area contributed by atoms with Crippen LogP contribution in [0.15, 0.2) is 24.3 Å². The highest BCUT2D eigenvalue weighted by molar-refractivity contribution is 5.85. The summed E-state index contributed by atoms with van der Waals surface area (Å²) in [5.74, 6) is 0.345. The largest absolute Gasteiger partial charge is 0.573 e. The molecule has 1 amide bonds. The Morgan fingerprint density at radius 1 is 1.24 bits per heavy atom. The van der Waals surface area contributed by atoms with Crippen LogP contribution in [0.5, 0.6) is 5.75 Å². The Morgan fingerprint density at radius 2 is 1.84 bits per heavy atom. The third kappa shape index (κ3) is 7.52. The summed E-state index contributed by atoms with van der Waals surface area (Å²) >= 11 is 0. The first kappa shape index (κ1) is 21.6. The number of likely N-dealkylation sites (tertiary alicyclic amines) is 1. The number of halogens is 4. The molecular weight excluding hydrogens is 357 g/mol. The zero-order valence-corrected chi connectivity index (χ0v) is 15.0. The second-order valence-corrected chi connectivity index (χ2v) is 6.00. The summed E-state index contributed by atoms with van der Waals surface area (Å²) in [5.41, 5.74) is 0.685. The van der Waals surface area contributed by atoms with Gasteiger partial charge in [0.25, 0.3) is 0 Å². The molecule has 1 fully saturated rings. The van der Waals surface area contributed by atoms with Gasteiger partial charge in [-0.25, -0.2) is 0 Å². The molecule has 0 atom stereocenters. The van der Waals surface area contributed by atoms with E-state index in [4.69, 9.17) is 0 Å². The highest BCUT2D eigenvalue weighted by Crippen LogP contribution is 2.23. The van der Waals surface area contributed by atoms with E-state index in [1.54, 1.807) is 0 Å². The van der Waals surface area contributed by atoms with Crippen molar-refractivity contribution in [3.63, 3.8) is 0 Å². The number of benzene rings is 1. The molecule has 0 bridgehead atoms. The van der Waals surface area contributed by atoms with Crippen molar-refractivity contribution in [1.29, 1.82) is 0 Å². The first-order valence-corrected chi connectivity index (χ1v) is 8.20. The van der Waals surface area contributed by atoms with Crippen molar-refractivity contribution in [2.45, 2.75) is 32.5 Å². The topological polar surface area (TPSA) is 41.6 Å². The Labute approximate surface area is 152 Å². The monoisotopic (exact) mass is 380 g/mol. The van der Waals surface area contributed by atoms with Crippen LogP contribution in [0.4, 0.5) is 13.2 Å². The van der Waals surface area contributed by atoms with Gasteiger partial charge in [0.1, 0.15) is 5.75 Å². The van der Waals surface area contributed by atoms with Crippen LogP contribution in [0.25, 0.3) is 0 Å². The van der Waals surface area contributed by atoms with Gasteiger partial charge in [0, 0.05) is 13.1 Å². The molecule has 1 aromatic rings. The molecule has 0 saturated carbocycles. The second kappa shape index (κ2) is 9.87. The normalized spacial score (nSPS) is 15.6. The maximum atomic E-state index is 12.3. The van der Waals surface area contributed by atoms with E-state index in [0.717, 1.165) is 39.0 Å². The van der Waals surface area contributed by atoms with Gasteiger partial charge in [-0.3, -0.25) is 4.79 Å². The fourth-order valence-corrected chi connectivity index (χ4v) is 2.83. The van der Waals surface area contributed by atoms with Crippen molar-refractivity contribution in [3.05, 3.63) is 29.8 Å². The van der Waals surface area contributed by atoms with E-state index in [0.29, 0.717) is 11.5 Å². The Balaban J connectivity index is 0.00000312. The molecule has 0 unspecified atom stereocenters. The SMILES string of the molecule is CCNCC1CCN(C(=O)Cc2ccc(OC(F)(F)F)cc2)CC1.Cl. The Hall–Kier alpha value is -1.47. The fraction of sp³-hybridized carbons (Fsp3) is 0.588. The number of hydrogen-bond donors (Lipinski definition) is 1. The van der Waals surface area contributed by atoms with Gasteiger partial charge < -0.3 is 15.0 Å². The fourth-order valence-electron chi connectivity index (χ4n) is 2.83. The summed E-state index contributed by atoms with van der Waals surface area (Å²) < 4.78 is 40.2. The van der Waals surface area contributed by atoms with Crippen molar-refractivity contribution in [2.75, 3.05) is 26.2 Å². The lowest BCUT2D eigenvalue weighted by molar-refractivity contribution is -0.274. The number of ether oxygens (including phenoxy) is 1. The molecule has 1 aromatic carbocycles. The van der Waals surface area contributed by atoms with Gasteiger partial charge in [-0.2, -0.15) is 0 Å². The minimum atomic E-state index is -4.70. The molecule has 0 spiro atoms. The van der Waals surface area contributed by atoms with Crippen LogP contribution >= 0.6 is 12.4 Å². The van der Waals surface area contributed by atoms with Crippen molar-refractivity contribution in [3.8, 4) is 5.75 Å². The summed E-state index contributed by atoms with van der Waals surface area (Å²) in [6.45, 7) is 5.49. The quantitative estimate of drug-likeness (QED) is 0.822. The smallest absolute Gasteiger partial charge is 0.406 e. The average Bonchev–Trinajstić information content (AvgIpc) is 2.54. The summed E-state index contributed by atoms with van der Waals surface area (Å²) in [5, 5.41) is 3.33. The maximum Gasteiger partial charge on any atom is 0.573 e. The molecule has 0 aliphatic carbocycles. The molecule has 0 aromatic heterocycles. The van der Waals surface area contributed by atoms with Crippen LogP contribution < -0.4 is 10.1 Å². The maximum absolute atomic E-state index is 12.3. The summed E-state index contributed by atoms with van der Waals surface area (Å²) in [7, 11) is 0. The molecule has 1 aliphatic rings. The number of nitrogens with zero attached hydrogens (tertiary/aromatic N) is 1. The molecule has 1 heterocycles. The van der Waals surface area contributed by atoms with Crippen LogP contribution in [-0.4, -0.2) is 43.3 Å². The number of carbonyl (C=O) groups excluding carboxylic acids is 1. The second-order valence-electron chi connectivity index (χ2n) is 6.00.